The summed E-state index contributed by atoms with van der Waals surface area (Å²) in [6, 6.07) is 28.4. The number of imidazole rings is 1. The number of ether oxygens (including phenoxy) is 1. The molecule has 0 radical (unpaired) electrons. The van der Waals surface area contributed by atoms with Crippen molar-refractivity contribution in [3.05, 3.63) is 102 Å². The largest absolute Gasteiger partial charge is 0.444 e. The fourth-order valence-corrected chi connectivity index (χ4v) is 6.12. The number of aromatic nitrogens is 3. The van der Waals surface area contributed by atoms with E-state index >= 15 is 0 Å². The number of carbonyl (C=O) groups is 1. The Morgan fingerprint density at radius 3 is 2.39 bits per heavy atom. The van der Waals surface area contributed by atoms with Gasteiger partial charge in [-0.15, -0.1) is 0 Å². The van der Waals surface area contributed by atoms with Crippen LogP contribution in [0, 0.1) is 0 Å². The van der Waals surface area contributed by atoms with Gasteiger partial charge in [0.1, 0.15) is 11.4 Å². The molecule has 44 heavy (non-hydrogen) atoms. The van der Waals surface area contributed by atoms with Crippen molar-refractivity contribution in [3.8, 4) is 39.6 Å². The third-order valence-electron chi connectivity index (χ3n) is 8.39. The van der Waals surface area contributed by atoms with Crippen LogP contribution < -0.4 is 10.6 Å². The highest BCUT2D eigenvalue weighted by molar-refractivity contribution is 5.91. The van der Waals surface area contributed by atoms with Crippen molar-refractivity contribution in [1.82, 2.24) is 19.9 Å². The molecule has 3 N–H and O–H groups in total. The third kappa shape index (κ3) is 4.91. The number of anilines is 2. The topological polar surface area (TPSA) is 101 Å². The number of carbonyl (C=O) groups excluding carboxylic acids is 1. The Hall–Kier alpha value is -4.95. The van der Waals surface area contributed by atoms with Gasteiger partial charge in [-0.25, -0.2) is 14.8 Å². The first-order chi connectivity index (χ1) is 21.2. The van der Waals surface area contributed by atoms with Gasteiger partial charge in [-0.3, -0.25) is 4.57 Å². The summed E-state index contributed by atoms with van der Waals surface area (Å²) in [6.07, 6.45) is 4.15. The smallest absolute Gasteiger partial charge is 0.408 e. The van der Waals surface area contributed by atoms with Crippen LogP contribution in [-0.2, 0) is 16.9 Å². The molecule has 1 saturated carbocycles. The molecule has 7 rings (SSSR count). The number of alkyl carbamates (subject to hydrolysis) is 1. The Labute approximate surface area is 256 Å². The van der Waals surface area contributed by atoms with Crippen LogP contribution in [0.25, 0.3) is 39.6 Å². The molecule has 3 aromatic carbocycles. The minimum Gasteiger partial charge on any atom is -0.444 e. The maximum atomic E-state index is 12.8. The van der Waals surface area contributed by atoms with Gasteiger partial charge in [-0.05, 0) is 75.4 Å². The molecule has 8 nitrogen and oxygen atoms in total. The van der Waals surface area contributed by atoms with Gasteiger partial charge >= 0.3 is 6.09 Å². The number of pyridine rings is 1. The molecule has 1 aliphatic heterocycles. The Morgan fingerprint density at radius 1 is 0.977 bits per heavy atom. The number of aliphatic hydroxyl groups is 1. The minimum absolute atomic E-state index is 0.0224. The zero-order valence-corrected chi connectivity index (χ0v) is 25.1. The van der Waals surface area contributed by atoms with Crippen molar-refractivity contribution in [2.24, 2.45) is 0 Å². The molecule has 2 aliphatic rings. The number of nitrogens with one attached hydrogen (secondary N) is 2. The van der Waals surface area contributed by atoms with E-state index in [2.05, 4.69) is 51.6 Å². The summed E-state index contributed by atoms with van der Waals surface area (Å²) in [7, 11) is 0. The molecular formula is C36H35N5O3. The zero-order valence-electron chi connectivity index (χ0n) is 25.1. The van der Waals surface area contributed by atoms with Crippen LogP contribution in [0.2, 0.25) is 0 Å². The highest BCUT2D eigenvalue weighted by Gasteiger charge is 2.41. The fraction of sp³-hybridized carbons (Fsp3) is 0.250. The quantitative estimate of drug-likeness (QED) is 0.191. The van der Waals surface area contributed by atoms with Crippen LogP contribution in [0.15, 0.2) is 91.1 Å². The molecule has 0 unspecified atom stereocenters. The summed E-state index contributed by atoms with van der Waals surface area (Å²) >= 11 is 0. The van der Waals surface area contributed by atoms with Gasteiger partial charge in [-0.2, -0.15) is 0 Å². The number of nitrogens with zero attached hydrogens (tertiary/aromatic N) is 3. The van der Waals surface area contributed by atoms with Crippen molar-refractivity contribution in [1.29, 1.82) is 0 Å². The predicted molar refractivity (Wildman–Crippen MR) is 172 cm³/mol. The standard InChI is InChI=1S/C36H35N5O3/c1-35(2,3)44-34(43)40-36(19-7-20-36)26-17-15-25(16-18-26)31-30(24-13-11-23(22-42)12-14-24)39-33-27-8-4-5-9-28(27)38-32-29(41(31)33)10-6-21-37-32/h4-6,8-18,21,42H,7,19-20,22H2,1-3H3,(H,37,38)(H,40,43). The lowest BCUT2D eigenvalue weighted by atomic mass is 9.71. The summed E-state index contributed by atoms with van der Waals surface area (Å²) < 4.78 is 7.79. The lowest BCUT2D eigenvalue weighted by Gasteiger charge is -2.43. The second kappa shape index (κ2) is 10.6. The lowest BCUT2D eigenvalue weighted by Crippen LogP contribution is -2.52. The van der Waals surface area contributed by atoms with Crippen molar-refractivity contribution >= 4 is 17.6 Å². The van der Waals surface area contributed by atoms with Crippen LogP contribution in [-0.4, -0.2) is 31.3 Å². The summed E-state index contributed by atoms with van der Waals surface area (Å²) in [5, 5.41) is 16.4. The fourth-order valence-electron chi connectivity index (χ4n) is 6.12. The molecule has 0 bridgehead atoms. The molecule has 2 aromatic heterocycles. The maximum Gasteiger partial charge on any atom is 0.408 e. The zero-order chi connectivity index (χ0) is 30.5. The number of aliphatic hydroxyl groups excluding tert-OH is 1. The maximum absolute atomic E-state index is 12.8. The molecule has 0 atom stereocenters. The third-order valence-corrected chi connectivity index (χ3v) is 8.39. The van der Waals surface area contributed by atoms with E-state index < -0.39 is 17.2 Å². The number of benzene rings is 3. The molecule has 5 aromatic rings. The van der Waals surface area contributed by atoms with Crippen molar-refractivity contribution < 1.29 is 14.6 Å². The number of hydrogen-bond donors (Lipinski definition) is 3. The van der Waals surface area contributed by atoms with Gasteiger partial charge in [0.2, 0.25) is 0 Å². The highest BCUT2D eigenvalue weighted by Crippen LogP contribution is 2.46. The summed E-state index contributed by atoms with van der Waals surface area (Å²) in [5.74, 6) is 1.55. The molecule has 1 fully saturated rings. The first kappa shape index (κ1) is 27.9. The number of para-hydroxylation sites is 1. The van der Waals surface area contributed by atoms with Crippen molar-refractivity contribution in [2.75, 3.05) is 5.32 Å². The van der Waals surface area contributed by atoms with Crippen LogP contribution in [0.3, 0.4) is 0 Å². The second-order valence-corrected chi connectivity index (χ2v) is 12.5. The monoisotopic (exact) mass is 585 g/mol. The van der Waals surface area contributed by atoms with E-state index in [0.29, 0.717) is 0 Å². The van der Waals surface area contributed by atoms with Gasteiger partial charge in [-0.1, -0.05) is 60.7 Å². The molecular weight excluding hydrogens is 550 g/mol. The molecule has 0 spiro atoms. The van der Waals surface area contributed by atoms with E-state index in [0.717, 1.165) is 81.5 Å². The van der Waals surface area contributed by atoms with Gasteiger partial charge in [0, 0.05) is 22.9 Å². The van der Waals surface area contributed by atoms with E-state index in [1.165, 1.54) is 0 Å². The van der Waals surface area contributed by atoms with Crippen LogP contribution >= 0.6 is 0 Å². The van der Waals surface area contributed by atoms with E-state index in [1.54, 1.807) is 6.20 Å². The Bertz CT molecular complexity index is 1850. The van der Waals surface area contributed by atoms with E-state index in [4.69, 9.17) is 14.7 Å². The number of fused-ring (bicyclic) bond motifs is 5. The molecule has 1 aliphatic carbocycles. The van der Waals surface area contributed by atoms with E-state index in [-0.39, 0.29) is 6.61 Å². The van der Waals surface area contributed by atoms with Crippen LogP contribution in [0.4, 0.5) is 16.3 Å². The van der Waals surface area contributed by atoms with Gasteiger partial charge in [0.05, 0.1) is 34.9 Å². The van der Waals surface area contributed by atoms with Gasteiger partial charge in [0.25, 0.3) is 0 Å². The van der Waals surface area contributed by atoms with Crippen molar-refractivity contribution in [2.45, 2.75) is 57.8 Å². The Balaban J connectivity index is 1.39. The molecule has 222 valence electrons. The number of hydrogen-bond acceptors (Lipinski definition) is 6. The van der Waals surface area contributed by atoms with Crippen LogP contribution in [0.5, 0.6) is 0 Å². The van der Waals surface area contributed by atoms with Gasteiger partial charge in [0.15, 0.2) is 5.82 Å². The normalized spacial score (nSPS) is 14.6. The highest BCUT2D eigenvalue weighted by atomic mass is 16.6. The van der Waals surface area contributed by atoms with E-state index in [9.17, 15) is 9.90 Å². The minimum atomic E-state index is -0.566. The Morgan fingerprint density at radius 2 is 1.70 bits per heavy atom. The summed E-state index contributed by atoms with van der Waals surface area (Å²) in [5.41, 5.74) is 7.36. The predicted octanol–water partition coefficient (Wildman–Crippen LogP) is 7.72. The summed E-state index contributed by atoms with van der Waals surface area (Å²) in [4.78, 5) is 22.8. The molecule has 0 saturated heterocycles. The number of amides is 1. The number of rotatable bonds is 5. The first-order valence-corrected chi connectivity index (χ1v) is 15.0. The van der Waals surface area contributed by atoms with Crippen molar-refractivity contribution in [3.63, 3.8) is 0 Å². The first-order valence-electron chi connectivity index (χ1n) is 15.0. The Kier molecular flexibility index (Phi) is 6.74. The summed E-state index contributed by atoms with van der Waals surface area (Å²) in [6.45, 7) is 5.60. The molecule has 1 amide bonds. The van der Waals surface area contributed by atoms with Gasteiger partial charge < -0.3 is 20.5 Å². The van der Waals surface area contributed by atoms with E-state index in [1.807, 2.05) is 69.3 Å². The SMILES string of the molecule is CC(C)(C)OC(=O)NC1(c2ccc(-c3c(-c4ccc(CO)cc4)nc4n3-c3cccnc3Nc3ccccc3-4)cc2)CCC1. The average molecular weight is 586 g/mol. The second-order valence-electron chi connectivity index (χ2n) is 12.5. The van der Waals surface area contributed by atoms with Crippen LogP contribution in [0.1, 0.15) is 51.2 Å². The average Bonchev–Trinajstić information content (AvgIpc) is 3.33. The molecule has 8 heteroatoms. The molecule has 3 heterocycles. The lowest BCUT2D eigenvalue weighted by molar-refractivity contribution is 0.0377.